The number of benzene rings is 1. The van der Waals surface area contributed by atoms with Crippen LogP contribution in [0.1, 0.15) is 5.56 Å². The van der Waals surface area contributed by atoms with Gasteiger partial charge >= 0.3 is 12.1 Å². The summed E-state index contributed by atoms with van der Waals surface area (Å²) in [6.07, 6.45) is -4.48. The van der Waals surface area contributed by atoms with Gasteiger partial charge in [-0.1, -0.05) is 12.1 Å². The third-order valence-corrected chi connectivity index (χ3v) is 2.97. The minimum atomic E-state index is -4.48. The van der Waals surface area contributed by atoms with Crippen molar-refractivity contribution in [3.8, 4) is 0 Å². The molecule has 1 fully saturated rings. The van der Waals surface area contributed by atoms with Gasteiger partial charge in [-0.25, -0.2) is 0 Å². The second-order valence-corrected chi connectivity index (χ2v) is 4.28. The van der Waals surface area contributed by atoms with E-state index in [0.29, 0.717) is 0 Å². The van der Waals surface area contributed by atoms with Crippen molar-refractivity contribution in [3.05, 3.63) is 29.8 Å². The zero-order valence-corrected chi connectivity index (χ0v) is 9.78. The van der Waals surface area contributed by atoms with E-state index in [1.165, 1.54) is 18.2 Å². The molecule has 2 N–H and O–H groups in total. The van der Waals surface area contributed by atoms with E-state index in [9.17, 15) is 18.0 Å². The molecule has 19 heavy (non-hydrogen) atoms. The molecule has 104 valence electrons. The number of ether oxygens (including phenoxy) is 1. The Morgan fingerprint density at radius 1 is 1.32 bits per heavy atom. The maximum Gasteiger partial charge on any atom is 0.418 e. The quantitative estimate of drug-likeness (QED) is 0.888. The van der Waals surface area contributed by atoms with Crippen molar-refractivity contribution in [3.63, 3.8) is 0 Å². The standard InChI is InChI=1S/C12H12F3NO3/c13-12(14,15)8-3-1-2-4-9(8)16-10-6-19-5-7(10)11(17)18/h1-4,7,10,16H,5-6H2,(H,17,18). The summed E-state index contributed by atoms with van der Waals surface area (Å²) in [4.78, 5) is 10.9. The molecular formula is C12H12F3NO3. The summed E-state index contributed by atoms with van der Waals surface area (Å²) in [5.74, 6) is -1.93. The number of carbonyl (C=O) groups is 1. The van der Waals surface area contributed by atoms with Crippen LogP contribution in [0.5, 0.6) is 0 Å². The van der Waals surface area contributed by atoms with Gasteiger partial charge in [0, 0.05) is 5.69 Å². The number of aliphatic carboxylic acids is 1. The van der Waals surface area contributed by atoms with Crippen molar-refractivity contribution in [2.24, 2.45) is 5.92 Å². The van der Waals surface area contributed by atoms with Crippen LogP contribution in [0.25, 0.3) is 0 Å². The third kappa shape index (κ3) is 2.98. The first-order valence-corrected chi connectivity index (χ1v) is 5.63. The summed E-state index contributed by atoms with van der Waals surface area (Å²) < 4.78 is 43.4. The molecule has 7 heteroatoms. The van der Waals surface area contributed by atoms with Gasteiger partial charge in [-0.05, 0) is 12.1 Å². The van der Waals surface area contributed by atoms with Gasteiger partial charge in [0.1, 0.15) is 5.92 Å². The van der Waals surface area contributed by atoms with E-state index in [-0.39, 0.29) is 18.9 Å². The van der Waals surface area contributed by atoms with Crippen LogP contribution in [0.2, 0.25) is 0 Å². The number of nitrogens with one attached hydrogen (secondary N) is 1. The molecule has 1 aromatic carbocycles. The van der Waals surface area contributed by atoms with E-state index in [0.717, 1.165) is 6.07 Å². The van der Waals surface area contributed by atoms with Gasteiger partial charge in [0.25, 0.3) is 0 Å². The Balaban J connectivity index is 2.22. The molecule has 0 aromatic heterocycles. The minimum absolute atomic E-state index is 0.00118. The van der Waals surface area contributed by atoms with Crippen LogP contribution in [0.15, 0.2) is 24.3 Å². The van der Waals surface area contributed by atoms with Gasteiger partial charge in [0.05, 0.1) is 24.8 Å². The SMILES string of the molecule is O=C(O)C1COCC1Nc1ccccc1C(F)(F)F. The van der Waals surface area contributed by atoms with Crippen molar-refractivity contribution in [2.45, 2.75) is 12.2 Å². The molecule has 1 aliphatic rings. The van der Waals surface area contributed by atoms with Gasteiger partial charge in [0.15, 0.2) is 0 Å². The molecule has 4 nitrogen and oxygen atoms in total. The molecule has 2 atom stereocenters. The molecule has 1 aliphatic heterocycles. The lowest BCUT2D eigenvalue weighted by molar-refractivity contribution is -0.141. The van der Waals surface area contributed by atoms with Crippen molar-refractivity contribution in [2.75, 3.05) is 18.5 Å². The highest BCUT2D eigenvalue weighted by molar-refractivity contribution is 5.72. The minimum Gasteiger partial charge on any atom is -0.481 e. The summed E-state index contributed by atoms with van der Waals surface area (Å²) >= 11 is 0. The zero-order chi connectivity index (χ0) is 14.0. The van der Waals surface area contributed by atoms with Crippen LogP contribution in [0.3, 0.4) is 0 Å². The number of alkyl halides is 3. The lowest BCUT2D eigenvalue weighted by atomic mass is 10.0. The van der Waals surface area contributed by atoms with E-state index in [1.54, 1.807) is 0 Å². The van der Waals surface area contributed by atoms with Crippen LogP contribution < -0.4 is 5.32 Å². The topological polar surface area (TPSA) is 58.6 Å². The van der Waals surface area contributed by atoms with E-state index in [4.69, 9.17) is 9.84 Å². The number of rotatable bonds is 3. The van der Waals surface area contributed by atoms with Crippen LogP contribution >= 0.6 is 0 Å². The lowest BCUT2D eigenvalue weighted by Gasteiger charge is -2.20. The predicted octanol–water partition coefficient (Wildman–Crippen LogP) is 2.22. The van der Waals surface area contributed by atoms with Gasteiger partial charge in [-0.15, -0.1) is 0 Å². The molecule has 1 saturated heterocycles. The number of carboxylic acids is 1. The second kappa shape index (κ2) is 5.08. The Bertz CT molecular complexity index is 476. The molecule has 0 aliphatic carbocycles. The molecule has 1 aromatic rings. The van der Waals surface area contributed by atoms with E-state index in [1.807, 2.05) is 0 Å². The number of anilines is 1. The average molecular weight is 275 g/mol. The lowest BCUT2D eigenvalue weighted by Crippen LogP contribution is -2.33. The fourth-order valence-corrected chi connectivity index (χ4v) is 2.00. The first kappa shape index (κ1) is 13.7. The number of carboxylic acid groups (broad SMARTS) is 1. The first-order valence-electron chi connectivity index (χ1n) is 5.63. The summed E-state index contributed by atoms with van der Waals surface area (Å²) in [6, 6.07) is 4.31. The van der Waals surface area contributed by atoms with E-state index >= 15 is 0 Å². The molecule has 1 heterocycles. The van der Waals surface area contributed by atoms with Gasteiger partial charge in [0.2, 0.25) is 0 Å². The van der Waals surface area contributed by atoms with Crippen molar-refractivity contribution in [1.82, 2.24) is 0 Å². The highest BCUT2D eigenvalue weighted by Gasteiger charge is 2.37. The fourth-order valence-electron chi connectivity index (χ4n) is 2.00. The molecular weight excluding hydrogens is 263 g/mol. The molecule has 0 radical (unpaired) electrons. The smallest absolute Gasteiger partial charge is 0.418 e. The van der Waals surface area contributed by atoms with Gasteiger partial charge in [-0.3, -0.25) is 4.79 Å². The van der Waals surface area contributed by atoms with Gasteiger partial charge < -0.3 is 15.2 Å². The predicted molar refractivity (Wildman–Crippen MR) is 60.8 cm³/mol. The maximum absolute atomic E-state index is 12.8. The Morgan fingerprint density at radius 2 is 2.00 bits per heavy atom. The van der Waals surface area contributed by atoms with Crippen molar-refractivity contribution < 1.29 is 27.8 Å². The van der Waals surface area contributed by atoms with Gasteiger partial charge in [-0.2, -0.15) is 13.2 Å². The highest BCUT2D eigenvalue weighted by atomic mass is 19.4. The number of hydrogen-bond donors (Lipinski definition) is 2. The molecule has 0 saturated carbocycles. The normalized spacial score (nSPS) is 23.3. The molecule has 0 spiro atoms. The Morgan fingerprint density at radius 3 is 2.63 bits per heavy atom. The zero-order valence-electron chi connectivity index (χ0n) is 9.78. The largest absolute Gasteiger partial charge is 0.481 e. The maximum atomic E-state index is 12.8. The third-order valence-electron chi connectivity index (χ3n) is 2.97. The molecule has 0 amide bonds. The van der Waals surface area contributed by atoms with Crippen LogP contribution in [0.4, 0.5) is 18.9 Å². The summed E-state index contributed by atoms with van der Waals surface area (Å²) in [5, 5.41) is 11.6. The Labute approximate surface area is 107 Å². The van der Waals surface area contributed by atoms with Crippen LogP contribution in [0, 0.1) is 5.92 Å². The molecule has 2 unspecified atom stereocenters. The number of para-hydroxylation sites is 1. The molecule has 0 bridgehead atoms. The van der Waals surface area contributed by atoms with E-state index in [2.05, 4.69) is 5.32 Å². The number of halogens is 3. The summed E-state index contributed by atoms with van der Waals surface area (Å²) in [5.41, 5.74) is -0.942. The molecule has 2 rings (SSSR count). The summed E-state index contributed by atoms with van der Waals surface area (Å²) in [7, 11) is 0. The Hall–Kier alpha value is -1.76. The Kier molecular flexibility index (Phi) is 3.66. The van der Waals surface area contributed by atoms with Crippen molar-refractivity contribution in [1.29, 1.82) is 0 Å². The fraction of sp³-hybridized carbons (Fsp3) is 0.417. The average Bonchev–Trinajstić information content (AvgIpc) is 2.76. The monoisotopic (exact) mass is 275 g/mol. The van der Waals surface area contributed by atoms with Crippen molar-refractivity contribution >= 4 is 11.7 Å². The van der Waals surface area contributed by atoms with Crippen LogP contribution in [-0.4, -0.2) is 30.3 Å². The van der Waals surface area contributed by atoms with Crippen LogP contribution in [-0.2, 0) is 15.7 Å². The summed E-state index contributed by atoms with van der Waals surface area (Å²) in [6.45, 7) is 0.0738. The van der Waals surface area contributed by atoms with E-state index < -0.39 is 29.7 Å². The highest BCUT2D eigenvalue weighted by Crippen LogP contribution is 2.35. The number of hydrogen-bond acceptors (Lipinski definition) is 3. The first-order chi connectivity index (χ1) is 8.89. The second-order valence-electron chi connectivity index (χ2n) is 4.28.